The van der Waals surface area contributed by atoms with Gasteiger partial charge in [-0.1, -0.05) is 11.8 Å². The molecule has 9 heteroatoms. The molecule has 0 unspecified atom stereocenters. The molecule has 1 N–H and O–H groups in total. The number of hydrogen-bond donors (Lipinski definition) is 1. The highest BCUT2D eigenvalue weighted by Crippen LogP contribution is 2.36. The Labute approximate surface area is 179 Å². The van der Waals surface area contributed by atoms with Gasteiger partial charge in [0.15, 0.2) is 16.7 Å². The lowest BCUT2D eigenvalue weighted by Gasteiger charge is -2.28. The standard InChI is InChI=1S/C19H16IN3O4S/c1-23-17(24)9-16(18(25)21-12-4-2-11(20)3-5-12)28-19(23)22-13-6-7-14-15(8-13)27-10-26-14/h2-8,16H,9-10H2,1H3,(H,21,25)/t16-/m0/s1. The fraction of sp³-hybridized carbons (Fsp3) is 0.211. The van der Waals surface area contributed by atoms with Gasteiger partial charge >= 0.3 is 0 Å². The van der Waals surface area contributed by atoms with Crippen LogP contribution in [0.25, 0.3) is 0 Å². The number of ether oxygens (including phenoxy) is 2. The Morgan fingerprint density at radius 1 is 1.21 bits per heavy atom. The summed E-state index contributed by atoms with van der Waals surface area (Å²) in [5.41, 5.74) is 1.33. The van der Waals surface area contributed by atoms with E-state index in [9.17, 15) is 9.59 Å². The first-order chi connectivity index (χ1) is 13.5. The van der Waals surface area contributed by atoms with Gasteiger partial charge in [-0.05, 0) is 59.0 Å². The number of aliphatic imine (C=N–C) groups is 1. The van der Waals surface area contributed by atoms with E-state index in [0.717, 1.165) is 3.57 Å². The van der Waals surface area contributed by atoms with Gasteiger partial charge in [0.05, 0.1) is 5.69 Å². The van der Waals surface area contributed by atoms with Crippen molar-refractivity contribution in [3.8, 4) is 11.5 Å². The summed E-state index contributed by atoms with van der Waals surface area (Å²) in [4.78, 5) is 31.1. The minimum Gasteiger partial charge on any atom is -0.454 e. The normalized spacial score (nSPS) is 19.8. The molecule has 2 aliphatic rings. The van der Waals surface area contributed by atoms with Gasteiger partial charge in [-0.2, -0.15) is 0 Å². The third-order valence-corrected chi connectivity index (χ3v) is 6.21. The van der Waals surface area contributed by atoms with E-state index in [1.165, 1.54) is 16.7 Å². The fourth-order valence-corrected chi connectivity index (χ4v) is 4.14. The predicted molar refractivity (Wildman–Crippen MR) is 116 cm³/mol. The highest BCUT2D eigenvalue weighted by molar-refractivity contribution is 14.1. The van der Waals surface area contributed by atoms with Crippen LogP contribution in [0.1, 0.15) is 6.42 Å². The third-order valence-electron chi connectivity index (χ3n) is 4.25. The number of amides is 2. The van der Waals surface area contributed by atoms with E-state index < -0.39 is 5.25 Å². The number of thioether (sulfide) groups is 1. The molecule has 1 saturated heterocycles. The highest BCUT2D eigenvalue weighted by Gasteiger charge is 2.34. The fourth-order valence-electron chi connectivity index (χ4n) is 2.72. The molecule has 0 aromatic heterocycles. The van der Waals surface area contributed by atoms with E-state index in [0.29, 0.717) is 28.0 Å². The van der Waals surface area contributed by atoms with Gasteiger partial charge < -0.3 is 14.8 Å². The predicted octanol–water partition coefficient (Wildman–Crippen LogP) is 3.61. The second-order valence-corrected chi connectivity index (χ2v) is 8.61. The van der Waals surface area contributed by atoms with Crippen molar-refractivity contribution in [1.82, 2.24) is 4.90 Å². The quantitative estimate of drug-likeness (QED) is 0.640. The topological polar surface area (TPSA) is 80.2 Å². The lowest BCUT2D eigenvalue weighted by atomic mass is 10.2. The molecular weight excluding hydrogens is 493 g/mol. The second kappa shape index (κ2) is 8.00. The van der Waals surface area contributed by atoms with Crippen molar-refractivity contribution in [2.45, 2.75) is 11.7 Å². The Bertz CT molecular complexity index is 964. The summed E-state index contributed by atoms with van der Waals surface area (Å²) in [6.07, 6.45) is 0.123. The number of halogens is 1. The van der Waals surface area contributed by atoms with Gasteiger partial charge in [-0.25, -0.2) is 4.99 Å². The second-order valence-electron chi connectivity index (χ2n) is 6.19. The zero-order chi connectivity index (χ0) is 19.7. The van der Waals surface area contributed by atoms with Crippen LogP contribution in [0, 0.1) is 3.57 Å². The third kappa shape index (κ3) is 4.09. The number of carbonyl (C=O) groups is 2. The monoisotopic (exact) mass is 509 g/mol. The van der Waals surface area contributed by atoms with Gasteiger partial charge in [0.25, 0.3) is 0 Å². The molecule has 2 aromatic carbocycles. The summed E-state index contributed by atoms with van der Waals surface area (Å²) in [6.45, 7) is 0.184. The Morgan fingerprint density at radius 3 is 2.75 bits per heavy atom. The van der Waals surface area contributed by atoms with Crippen LogP contribution in [0.4, 0.5) is 11.4 Å². The van der Waals surface area contributed by atoms with Crippen molar-refractivity contribution in [2.24, 2.45) is 4.99 Å². The van der Waals surface area contributed by atoms with E-state index >= 15 is 0 Å². The SMILES string of the molecule is CN1C(=O)C[C@@H](C(=O)Nc2ccc(I)cc2)SC1=Nc1ccc2c(c1)OCO2. The summed E-state index contributed by atoms with van der Waals surface area (Å²) in [7, 11) is 1.66. The summed E-state index contributed by atoms with van der Waals surface area (Å²) in [6, 6.07) is 12.8. The number of benzene rings is 2. The minimum atomic E-state index is -0.546. The first kappa shape index (κ1) is 19.1. The Morgan fingerprint density at radius 2 is 1.96 bits per heavy atom. The Balaban J connectivity index is 1.52. The van der Waals surface area contributed by atoms with Gasteiger partial charge in [0.2, 0.25) is 18.6 Å². The van der Waals surface area contributed by atoms with Gasteiger partial charge in [-0.3, -0.25) is 14.5 Å². The molecular formula is C19H16IN3O4S. The largest absolute Gasteiger partial charge is 0.454 e. The van der Waals surface area contributed by atoms with Crippen molar-refractivity contribution in [3.63, 3.8) is 0 Å². The maximum atomic E-state index is 12.7. The number of nitrogens with one attached hydrogen (secondary N) is 1. The average Bonchev–Trinajstić information content (AvgIpc) is 3.15. The van der Waals surface area contributed by atoms with Crippen molar-refractivity contribution in [1.29, 1.82) is 0 Å². The molecule has 0 bridgehead atoms. The zero-order valence-electron chi connectivity index (χ0n) is 14.8. The molecule has 144 valence electrons. The molecule has 0 spiro atoms. The van der Waals surface area contributed by atoms with E-state index in [1.807, 2.05) is 24.3 Å². The smallest absolute Gasteiger partial charge is 0.238 e. The number of amidine groups is 1. The Hall–Kier alpha value is -2.27. The number of rotatable bonds is 3. The maximum Gasteiger partial charge on any atom is 0.238 e. The van der Waals surface area contributed by atoms with Crippen molar-refractivity contribution < 1.29 is 19.1 Å². The van der Waals surface area contributed by atoms with Crippen molar-refractivity contribution in [3.05, 3.63) is 46.0 Å². The van der Waals surface area contributed by atoms with Crippen LogP contribution in [-0.2, 0) is 9.59 Å². The lowest BCUT2D eigenvalue weighted by Crippen LogP contribution is -2.43. The average molecular weight is 509 g/mol. The van der Waals surface area contributed by atoms with Crippen LogP contribution in [0.5, 0.6) is 11.5 Å². The number of anilines is 1. The first-order valence-corrected chi connectivity index (χ1v) is 10.4. The van der Waals surface area contributed by atoms with E-state index in [1.54, 1.807) is 25.2 Å². The van der Waals surface area contributed by atoms with Crippen LogP contribution < -0.4 is 14.8 Å². The summed E-state index contributed by atoms with van der Waals surface area (Å²) >= 11 is 3.47. The van der Waals surface area contributed by atoms with Crippen LogP contribution in [-0.4, -0.2) is 41.0 Å². The molecule has 2 amide bonds. The summed E-state index contributed by atoms with van der Waals surface area (Å²) in [5.74, 6) is 0.913. The number of nitrogens with zero attached hydrogens (tertiary/aromatic N) is 2. The van der Waals surface area contributed by atoms with E-state index in [4.69, 9.17) is 9.47 Å². The van der Waals surface area contributed by atoms with Crippen LogP contribution >= 0.6 is 34.4 Å². The van der Waals surface area contributed by atoms with Gasteiger partial charge in [-0.15, -0.1) is 0 Å². The van der Waals surface area contributed by atoms with Crippen LogP contribution in [0.15, 0.2) is 47.5 Å². The number of hydrogen-bond acceptors (Lipinski definition) is 6. The van der Waals surface area contributed by atoms with Gasteiger partial charge in [0, 0.05) is 28.8 Å². The summed E-state index contributed by atoms with van der Waals surface area (Å²) in [5, 5.41) is 2.79. The number of carbonyl (C=O) groups excluding carboxylic acids is 2. The zero-order valence-corrected chi connectivity index (χ0v) is 17.8. The molecule has 4 rings (SSSR count). The molecule has 1 fully saturated rings. The molecule has 2 aromatic rings. The first-order valence-electron chi connectivity index (χ1n) is 8.47. The lowest BCUT2D eigenvalue weighted by molar-refractivity contribution is -0.128. The van der Waals surface area contributed by atoms with Crippen molar-refractivity contribution >= 4 is 62.7 Å². The molecule has 2 aliphatic heterocycles. The maximum absolute atomic E-state index is 12.7. The molecule has 28 heavy (non-hydrogen) atoms. The molecule has 0 aliphatic carbocycles. The minimum absolute atomic E-state index is 0.123. The molecule has 2 heterocycles. The van der Waals surface area contributed by atoms with Crippen molar-refractivity contribution in [2.75, 3.05) is 19.2 Å². The van der Waals surface area contributed by atoms with E-state index in [2.05, 4.69) is 32.9 Å². The molecule has 7 nitrogen and oxygen atoms in total. The van der Waals surface area contributed by atoms with Crippen LogP contribution in [0.3, 0.4) is 0 Å². The molecule has 1 atom stereocenters. The van der Waals surface area contributed by atoms with Gasteiger partial charge in [0.1, 0.15) is 5.25 Å². The van der Waals surface area contributed by atoms with Crippen LogP contribution in [0.2, 0.25) is 0 Å². The van der Waals surface area contributed by atoms with E-state index in [-0.39, 0.29) is 25.0 Å². The number of fused-ring (bicyclic) bond motifs is 1. The highest BCUT2D eigenvalue weighted by atomic mass is 127. The summed E-state index contributed by atoms with van der Waals surface area (Å²) < 4.78 is 11.7. The molecule has 0 saturated carbocycles. The molecule has 0 radical (unpaired) electrons. The Kier molecular flexibility index (Phi) is 5.44.